The molecule has 1 aromatic heterocycles. The number of hydrogen-bond acceptors (Lipinski definition) is 4. The molecule has 0 saturated heterocycles. The molecule has 0 radical (unpaired) electrons. The number of urea groups is 1. The van der Waals surface area contributed by atoms with Gasteiger partial charge in [-0.1, -0.05) is 6.92 Å². The third-order valence-corrected chi connectivity index (χ3v) is 6.13. The monoisotopic (exact) mass is 440 g/mol. The van der Waals surface area contributed by atoms with E-state index in [4.69, 9.17) is 6.57 Å². The molecule has 2 N–H and O–H groups in total. The molecule has 0 unspecified atom stereocenters. The minimum Gasteiger partial charge on any atom is -0.393 e. The highest BCUT2D eigenvalue weighted by Crippen LogP contribution is 2.28. The number of carbonyl (C=O) groups is 2. The van der Waals surface area contributed by atoms with Crippen LogP contribution in [0.5, 0.6) is 0 Å². The van der Waals surface area contributed by atoms with Crippen molar-refractivity contribution in [3.8, 4) is 0 Å². The molecule has 0 fully saturated rings. The van der Waals surface area contributed by atoms with Crippen LogP contribution in [0.4, 0.5) is 20.6 Å². The van der Waals surface area contributed by atoms with Gasteiger partial charge in [0.1, 0.15) is 11.5 Å². The van der Waals surface area contributed by atoms with Crippen LogP contribution >= 0.6 is 0 Å². The van der Waals surface area contributed by atoms with Gasteiger partial charge in [0.15, 0.2) is 0 Å². The number of halogens is 1. The second-order valence-corrected chi connectivity index (χ2v) is 8.26. The van der Waals surface area contributed by atoms with E-state index < -0.39 is 18.0 Å². The van der Waals surface area contributed by atoms with E-state index in [1.807, 2.05) is 6.92 Å². The van der Waals surface area contributed by atoms with Crippen molar-refractivity contribution in [3.05, 3.63) is 52.4 Å². The number of anilines is 1. The molecular weight excluding hydrogens is 415 g/mol. The molecular formula is C22H25FN6O3. The lowest BCUT2D eigenvalue weighted by molar-refractivity contribution is 0.0626. The Balaban J connectivity index is 1.57. The predicted octanol–water partition coefficient (Wildman–Crippen LogP) is 2.64. The van der Waals surface area contributed by atoms with Gasteiger partial charge in [-0.2, -0.15) is 5.10 Å². The average molecular weight is 440 g/mol. The highest BCUT2D eigenvalue weighted by Gasteiger charge is 2.36. The maximum Gasteiger partial charge on any atom is 0.322 e. The number of fused-ring (bicyclic) bond motifs is 3. The van der Waals surface area contributed by atoms with Crippen molar-refractivity contribution in [1.29, 1.82) is 0 Å². The van der Waals surface area contributed by atoms with E-state index in [2.05, 4.69) is 15.3 Å². The topological polar surface area (TPSA) is 95.1 Å². The van der Waals surface area contributed by atoms with Crippen molar-refractivity contribution in [3.63, 3.8) is 0 Å². The summed E-state index contributed by atoms with van der Waals surface area (Å²) in [4.78, 5) is 32.2. The molecule has 0 aliphatic carbocycles. The summed E-state index contributed by atoms with van der Waals surface area (Å²) in [6.07, 6.45) is 0.559. The smallest absolute Gasteiger partial charge is 0.322 e. The van der Waals surface area contributed by atoms with Crippen LogP contribution in [0.2, 0.25) is 0 Å². The number of aliphatic hydroxyl groups excluding tert-OH is 1. The average Bonchev–Trinajstić information content (AvgIpc) is 3.09. The minimum absolute atomic E-state index is 0.119. The molecule has 0 saturated carbocycles. The van der Waals surface area contributed by atoms with Gasteiger partial charge in [-0.15, -0.1) is 0 Å². The van der Waals surface area contributed by atoms with E-state index in [0.29, 0.717) is 43.9 Å². The van der Waals surface area contributed by atoms with E-state index in [1.54, 1.807) is 21.5 Å². The summed E-state index contributed by atoms with van der Waals surface area (Å²) in [5.41, 5.74) is 2.13. The lowest BCUT2D eigenvalue weighted by Crippen LogP contribution is -2.40. The highest BCUT2D eigenvalue weighted by atomic mass is 19.1. The van der Waals surface area contributed by atoms with E-state index in [-0.39, 0.29) is 24.1 Å². The second-order valence-electron chi connectivity index (χ2n) is 8.26. The Morgan fingerprint density at radius 3 is 2.94 bits per heavy atom. The Bertz CT molecular complexity index is 1110. The lowest BCUT2D eigenvalue weighted by Gasteiger charge is -2.27. The summed E-state index contributed by atoms with van der Waals surface area (Å²) in [6.45, 7) is 10.4. The van der Waals surface area contributed by atoms with E-state index in [9.17, 15) is 19.1 Å². The zero-order chi connectivity index (χ0) is 23.0. The van der Waals surface area contributed by atoms with Crippen molar-refractivity contribution in [1.82, 2.24) is 19.6 Å². The summed E-state index contributed by atoms with van der Waals surface area (Å²) < 4.78 is 15.2. The number of nitrogens with one attached hydrogen (secondary N) is 1. The molecule has 9 nitrogen and oxygen atoms in total. The molecule has 2 atom stereocenters. The van der Waals surface area contributed by atoms with Gasteiger partial charge < -0.3 is 20.2 Å². The summed E-state index contributed by atoms with van der Waals surface area (Å²) in [7, 11) is 1.71. The van der Waals surface area contributed by atoms with Gasteiger partial charge in [0.2, 0.25) is 5.69 Å². The van der Waals surface area contributed by atoms with Crippen LogP contribution in [0.1, 0.15) is 35.1 Å². The van der Waals surface area contributed by atoms with Crippen molar-refractivity contribution in [2.45, 2.75) is 39.0 Å². The van der Waals surface area contributed by atoms with Crippen LogP contribution in [0, 0.1) is 18.3 Å². The van der Waals surface area contributed by atoms with Crippen LogP contribution in [-0.2, 0) is 19.5 Å². The Morgan fingerprint density at radius 2 is 2.22 bits per heavy atom. The first kappa shape index (κ1) is 21.8. The molecule has 0 spiro atoms. The van der Waals surface area contributed by atoms with Gasteiger partial charge in [-0.3, -0.25) is 9.48 Å². The normalized spacial score (nSPS) is 19.0. The molecule has 2 aromatic rings. The van der Waals surface area contributed by atoms with Gasteiger partial charge in [0, 0.05) is 50.3 Å². The second kappa shape index (κ2) is 8.59. The molecule has 3 heterocycles. The van der Waals surface area contributed by atoms with Crippen LogP contribution in [0.25, 0.3) is 4.85 Å². The van der Waals surface area contributed by atoms with Crippen molar-refractivity contribution < 1.29 is 19.1 Å². The summed E-state index contributed by atoms with van der Waals surface area (Å²) >= 11 is 0. The van der Waals surface area contributed by atoms with Gasteiger partial charge in [0.05, 0.1) is 24.9 Å². The molecule has 4 rings (SSSR count). The molecule has 2 aliphatic heterocycles. The zero-order valence-corrected chi connectivity index (χ0v) is 18.0. The summed E-state index contributed by atoms with van der Waals surface area (Å²) in [5, 5.41) is 17.7. The fraction of sp³-hybridized carbons (Fsp3) is 0.455. The van der Waals surface area contributed by atoms with Crippen LogP contribution < -0.4 is 5.32 Å². The molecule has 32 heavy (non-hydrogen) atoms. The van der Waals surface area contributed by atoms with Crippen LogP contribution in [0.3, 0.4) is 0 Å². The number of nitrogens with zero attached hydrogens (tertiary/aromatic N) is 5. The SMILES string of the molecule is [C-]#[N+]c1cc(NC(=O)N2CCc3nn4c(c3C2)C(=O)N(C)C[C@H]([C@@H](O)CC)C4)ccc1F. The first-order valence-electron chi connectivity index (χ1n) is 10.6. The third-order valence-electron chi connectivity index (χ3n) is 6.13. The number of hydrogen-bond donors (Lipinski definition) is 2. The van der Waals surface area contributed by atoms with Crippen molar-refractivity contribution in [2.75, 3.05) is 25.5 Å². The van der Waals surface area contributed by atoms with E-state index in [1.165, 1.54) is 12.1 Å². The number of carbonyl (C=O) groups excluding carboxylic acids is 2. The number of benzene rings is 1. The summed E-state index contributed by atoms with van der Waals surface area (Å²) in [6, 6.07) is 3.44. The number of amides is 3. The van der Waals surface area contributed by atoms with Gasteiger partial charge >= 0.3 is 6.03 Å². The maximum absolute atomic E-state index is 13.6. The van der Waals surface area contributed by atoms with Crippen molar-refractivity contribution >= 4 is 23.3 Å². The Labute approximate surface area is 185 Å². The Kier molecular flexibility index (Phi) is 5.84. The van der Waals surface area contributed by atoms with Crippen molar-refractivity contribution in [2.24, 2.45) is 5.92 Å². The maximum atomic E-state index is 13.6. The fourth-order valence-electron chi connectivity index (χ4n) is 4.32. The fourth-order valence-corrected chi connectivity index (χ4v) is 4.32. The molecule has 1 aromatic carbocycles. The first-order valence-corrected chi connectivity index (χ1v) is 10.6. The number of aliphatic hydroxyl groups is 1. The zero-order valence-electron chi connectivity index (χ0n) is 18.0. The molecule has 3 amide bonds. The molecule has 2 aliphatic rings. The predicted molar refractivity (Wildman–Crippen MR) is 115 cm³/mol. The van der Waals surface area contributed by atoms with Gasteiger partial charge in [-0.05, 0) is 24.6 Å². The minimum atomic E-state index is -0.641. The number of aromatic nitrogens is 2. The third kappa shape index (κ3) is 3.91. The number of rotatable bonds is 3. The van der Waals surface area contributed by atoms with E-state index >= 15 is 0 Å². The lowest BCUT2D eigenvalue weighted by atomic mass is 10.0. The standard InChI is InChI=1S/C22H25FN6O3/c1-4-19(30)13-10-27(3)21(31)20-15-12-28(8-7-17(15)26-29(20)11-13)22(32)25-14-5-6-16(23)18(9-14)24-2/h5-6,9,13,19,30H,4,7-8,10-12H2,1,3H3,(H,25,32)/t13-,19-/m0/s1. The molecule has 168 valence electrons. The first-order chi connectivity index (χ1) is 15.3. The molecule has 10 heteroatoms. The Hall–Kier alpha value is -3.45. The van der Waals surface area contributed by atoms with Gasteiger partial charge in [0.25, 0.3) is 5.91 Å². The van der Waals surface area contributed by atoms with Crippen LogP contribution in [0.15, 0.2) is 18.2 Å². The largest absolute Gasteiger partial charge is 0.393 e. The van der Waals surface area contributed by atoms with E-state index in [0.717, 1.165) is 17.3 Å². The highest BCUT2D eigenvalue weighted by molar-refractivity contribution is 5.95. The Morgan fingerprint density at radius 1 is 1.44 bits per heavy atom. The molecule has 0 bridgehead atoms. The van der Waals surface area contributed by atoms with Gasteiger partial charge in [-0.25, -0.2) is 14.0 Å². The quantitative estimate of drug-likeness (QED) is 0.718. The summed E-state index contributed by atoms with van der Waals surface area (Å²) in [5.74, 6) is -0.935. The van der Waals surface area contributed by atoms with Crippen LogP contribution in [-0.4, -0.2) is 62.9 Å².